The second-order valence-corrected chi connectivity index (χ2v) is 5.63. The Morgan fingerprint density at radius 3 is 2.84 bits per heavy atom. The van der Waals surface area contributed by atoms with Crippen LogP contribution in [0.5, 0.6) is 0 Å². The van der Waals surface area contributed by atoms with Gasteiger partial charge in [-0.25, -0.2) is 9.97 Å². The van der Waals surface area contributed by atoms with E-state index in [9.17, 15) is 0 Å². The van der Waals surface area contributed by atoms with E-state index in [0.717, 1.165) is 36.4 Å². The van der Waals surface area contributed by atoms with E-state index in [1.165, 1.54) is 0 Å². The van der Waals surface area contributed by atoms with E-state index in [1.807, 2.05) is 32.9 Å². The van der Waals surface area contributed by atoms with E-state index < -0.39 is 0 Å². The van der Waals surface area contributed by atoms with Gasteiger partial charge >= 0.3 is 0 Å². The second kappa shape index (κ2) is 7.94. The van der Waals surface area contributed by atoms with Crippen LogP contribution in [0.25, 0.3) is 22.8 Å². The summed E-state index contributed by atoms with van der Waals surface area (Å²) in [5.74, 6) is 1.86. The van der Waals surface area contributed by atoms with Gasteiger partial charge in [-0.1, -0.05) is 5.16 Å². The van der Waals surface area contributed by atoms with Crippen molar-refractivity contribution in [3.8, 4) is 22.8 Å². The van der Waals surface area contributed by atoms with E-state index in [-0.39, 0.29) is 0 Å². The number of hydrogen-bond donors (Lipinski definition) is 1. The zero-order valence-corrected chi connectivity index (χ0v) is 14.7. The summed E-state index contributed by atoms with van der Waals surface area (Å²) in [6, 6.07) is 3.69. The molecule has 0 radical (unpaired) electrons. The van der Waals surface area contributed by atoms with Crippen LogP contribution in [-0.2, 0) is 4.74 Å². The summed E-state index contributed by atoms with van der Waals surface area (Å²) >= 11 is 0. The predicted molar refractivity (Wildman–Crippen MR) is 94.3 cm³/mol. The largest absolute Gasteiger partial charge is 0.463 e. The van der Waals surface area contributed by atoms with E-state index in [1.54, 1.807) is 12.5 Å². The molecule has 3 aromatic rings. The highest BCUT2D eigenvalue weighted by Crippen LogP contribution is 2.33. The van der Waals surface area contributed by atoms with Gasteiger partial charge in [0.15, 0.2) is 11.5 Å². The fourth-order valence-electron chi connectivity index (χ4n) is 2.42. The highest BCUT2D eigenvalue weighted by atomic mass is 16.5. The standard InChI is InChI=1S/C18H22N4O3/c1-4-23-9-6-8-19-18-20-11-14(17-12(2)13(3)22-25-17)16(21-18)15-7-5-10-24-15/h5,7,10-11H,4,6,8-9H2,1-3H3,(H,19,20,21). The fourth-order valence-corrected chi connectivity index (χ4v) is 2.42. The lowest BCUT2D eigenvalue weighted by molar-refractivity contribution is 0.147. The van der Waals surface area contributed by atoms with Crippen LogP contribution >= 0.6 is 0 Å². The monoisotopic (exact) mass is 342 g/mol. The van der Waals surface area contributed by atoms with Crippen LogP contribution < -0.4 is 5.32 Å². The maximum Gasteiger partial charge on any atom is 0.223 e. The third-order valence-corrected chi connectivity index (χ3v) is 3.90. The van der Waals surface area contributed by atoms with E-state index in [0.29, 0.717) is 29.8 Å². The first kappa shape index (κ1) is 17.2. The molecule has 7 nitrogen and oxygen atoms in total. The number of rotatable bonds is 8. The minimum Gasteiger partial charge on any atom is -0.463 e. The van der Waals surface area contributed by atoms with Crippen molar-refractivity contribution in [2.45, 2.75) is 27.2 Å². The molecule has 1 N–H and O–H groups in total. The molecule has 0 saturated heterocycles. The van der Waals surface area contributed by atoms with Crippen LogP contribution in [0.3, 0.4) is 0 Å². The van der Waals surface area contributed by atoms with E-state index in [2.05, 4.69) is 20.4 Å². The molecule has 0 aromatic carbocycles. The highest BCUT2D eigenvalue weighted by molar-refractivity contribution is 5.77. The average Bonchev–Trinajstić information content (AvgIpc) is 3.26. The van der Waals surface area contributed by atoms with Gasteiger partial charge in [-0.05, 0) is 39.3 Å². The summed E-state index contributed by atoms with van der Waals surface area (Å²) in [5.41, 5.74) is 3.24. The molecule has 3 rings (SSSR count). The summed E-state index contributed by atoms with van der Waals surface area (Å²) in [7, 11) is 0. The maximum absolute atomic E-state index is 5.54. The molecule has 0 aliphatic carbocycles. The summed E-state index contributed by atoms with van der Waals surface area (Å²) in [4.78, 5) is 9.02. The van der Waals surface area contributed by atoms with Crippen molar-refractivity contribution in [3.63, 3.8) is 0 Å². The molecule has 7 heteroatoms. The summed E-state index contributed by atoms with van der Waals surface area (Å²) in [6.45, 7) is 8.03. The van der Waals surface area contributed by atoms with Gasteiger partial charge in [0.25, 0.3) is 0 Å². The van der Waals surface area contributed by atoms with Gasteiger partial charge in [0.2, 0.25) is 5.95 Å². The van der Waals surface area contributed by atoms with Gasteiger partial charge in [0.05, 0.1) is 17.5 Å². The van der Waals surface area contributed by atoms with Crippen molar-refractivity contribution in [1.29, 1.82) is 0 Å². The van der Waals surface area contributed by atoms with Gasteiger partial charge < -0.3 is 19.0 Å². The van der Waals surface area contributed by atoms with E-state index >= 15 is 0 Å². The molecule has 0 atom stereocenters. The normalized spacial score (nSPS) is 11.0. The molecular formula is C18H22N4O3. The number of nitrogens with zero attached hydrogens (tertiary/aromatic N) is 3. The summed E-state index contributed by atoms with van der Waals surface area (Å²) < 4.78 is 16.3. The first-order valence-corrected chi connectivity index (χ1v) is 8.36. The molecule has 0 saturated carbocycles. The molecule has 3 heterocycles. The van der Waals surface area contributed by atoms with Crippen LogP contribution in [0.15, 0.2) is 33.5 Å². The Bertz CT molecular complexity index is 812. The maximum atomic E-state index is 5.54. The fraction of sp³-hybridized carbons (Fsp3) is 0.389. The predicted octanol–water partition coefficient (Wildman–Crippen LogP) is 3.85. The Labute approximate surface area is 146 Å². The Balaban J connectivity index is 1.87. The molecule has 0 bridgehead atoms. The minimum absolute atomic E-state index is 0.542. The lowest BCUT2D eigenvalue weighted by Gasteiger charge is -2.09. The molecular weight excluding hydrogens is 320 g/mol. The Kier molecular flexibility index (Phi) is 5.45. The molecule has 0 spiro atoms. The van der Waals surface area contributed by atoms with Gasteiger partial charge in [-0.15, -0.1) is 0 Å². The number of aryl methyl sites for hydroxylation is 1. The summed E-state index contributed by atoms with van der Waals surface area (Å²) in [6.07, 6.45) is 4.24. The number of anilines is 1. The number of hydrogen-bond acceptors (Lipinski definition) is 7. The third-order valence-electron chi connectivity index (χ3n) is 3.90. The van der Waals surface area contributed by atoms with Crippen LogP contribution in [0.2, 0.25) is 0 Å². The van der Waals surface area contributed by atoms with Crippen molar-refractivity contribution in [2.24, 2.45) is 0 Å². The van der Waals surface area contributed by atoms with Crippen molar-refractivity contribution < 1.29 is 13.7 Å². The van der Waals surface area contributed by atoms with Crippen LogP contribution in [-0.4, -0.2) is 34.9 Å². The van der Waals surface area contributed by atoms with Crippen LogP contribution in [0.4, 0.5) is 5.95 Å². The molecule has 0 amide bonds. The van der Waals surface area contributed by atoms with E-state index in [4.69, 9.17) is 13.7 Å². The lowest BCUT2D eigenvalue weighted by Crippen LogP contribution is -2.09. The lowest BCUT2D eigenvalue weighted by atomic mass is 10.1. The SMILES string of the molecule is CCOCCCNc1ncc(-c2onc(C)c2C)c(-c2ccco2)n1. The topological polar surface area (TPSA) is 86.2 Å². The zero-order valence-electron chi connectivity index (χ0n) is 14.7. The average molecular weight is 342 g/mol. The molecule has 0 aliphatic rings. The molecule has 3 aromatic heterocycles. The molecule has 132 valence electrons. The Hall–Kier alpha value is -2.67. The van der Waals surface area contributed by atoms with Gasteiger partial charge in [-0.3, -0.25) is 0 Å². The van der Waals surface area contributed by atoms with Gasteiger partial charge in [0.1, 0.15) is 5.69 Å². The van der Waals surface area contributed by atoms with Crippen molar-refractivity contribution in [3.05, 3.63) is 35.9 Å². The molecule has 25 heavy (non-hydrogen) atoms. The molecule has 0 aliphatic heterocycles. The van der Waals surface area contributed by atoms with Gasteiger partial charge in [0, 0.05) is 31.5 Å². The number of aromatic nitrogens is 3. The smallest absolute Gasteiger partial charge is 0.223 e. The molecule has 0 unspecified atom stereocenters. The second-order valence-electron chi connectivity index (χ2n) is 5.63. The Morgan fingerprint density at radius 2 is 2.16 bits per heavy atom. The number of ether oxygens (including phenoxy) is 1. The van der Waals surface area contributed by atoms with Crippen LogP contribution in [0, 0.1) is 13.8 Å². The zero-order chi connectivity index (χ0) is 17.6. The van der Waals surface area contributed by atoms with Crippen molar-refractivity contribution >= 4 is 5.95 Å². The first-order valence-electron chi connectivity index (χ1n) is 8.36. The highest BCUT2D eigenvalue weighted by Gasteiger charge is 2.19. The van der Waals surface area contributed by atoms with Crippen LogP contribution in [0.1, 0.15) is 24.6 Å². The minimum atomic E-state index is 0.542. The Morgan fingerprint density at radius 1 is 1.28 bits per heavy atom. The first-order chi connectivity index (χ1) is 12.2. The number of furan rings is 1. The van der Waals surface area contributed by atoms with Gasteiger partial charge in [-0.2, -0.15) is 0 Å². The number of nitrogens with one attached hydrogen (secondary N) is 1. The summed E-state index contributed by atoms with van der Waals surface area (Å²) in [5, 5.41) is 7.24. The third kappa shape index (κ3) is 3.88. The quantitative estimate of drug-likeness (QED) is 0.622. The van der Waals surface area contributed by atoms with Crippen molar-refractivity contribution in [2.75, 3.05) is 25.1 Å². The molecule has 0 fully saturated rings. The van der Waals surface area contributed by atoms with Crippen molar-refractivity contribution in [1.82, 2.24) is 15.1 Å².